The van der Waals surface area contributed by atoms with Crippen LogP contribution in [0.3, 0.4) is 0 Å². The minimum atomic E-state index is -0.184. The zero-order valence-corrected chi connectivity index (χ0v) is 17.3. The van der Waals surface area contributed by atoms with Crippen molar-refractivity contribution in [3.8, 4) is 0 Å². The van der Waals surface area contributed by atoms with Crippen molar-refractivity contribution in [1.82, 2.24) is 15.5 Å². The quantitative estimate of drug-likeness (QED) is 0.717. The molecule has 2 aromatic rings. The zero-order chi connectivity index (χ0) is 19.9. The highest BCUT2D eigenvalue weighted by Gasteiger charge is 2.14. The normalized spacial score (nSPS) is 11.3. The molecule has 0 aliphatic carbocycles. The molecular weight excluding hydrogens is 360 g/mol. The van der Waals surface area contributed by atoms with E-state index in [0.29, 0.717) is 10.7 Å². The van der Waals surface area contributed by atoms with Crippen LogP contribution < -0.4 is 10.6 Å². The number of aromatic nitrogens is 2. The van der Waals surface area contributed by atoms with E-state index in [1.807, 2.05) is 24.3 Å². The van der Waals surface area contributed by atoms with Crippen LogP contribution in [0, 0.1) is 0 Å². The lowest BCUT2D eigenvalue weighted by molar-refractivity contribution is -0.116. The number of benzene rings is 1. The van der Waals surface area contributed by atoms with Crippen molar-refractivity contribution < 1.29 is 9.59 Å². The summed E-state index contributed by atoms with van der Waals surface area (Å²) < 4.78 is 0. The average molecular weight is 389 g/mol. The van der Waals surface area contributed by atoms with E-state index >= 15 is 0 Å². The minimum absolute atomic E-state index is 0.0498. The number of nitrogens with zero attached hydrogens (tertiary/aromatic N) is 2. The lowest BCUT2D eigenvalue weighted by atomic mass is 9.87. The summed E-state index contributed by atoms with van der Waals surface area (Å²) in [5.74, 6) is -0.363. The topological polar surface area (TPSA) is 84.0 Å². The standard InChI is InChI=1S/C20H28N4O2S/c1-5-6-7-17-23-24-19(27-17)22-16(25)12-13-21-18(26)14-8-10-15(11-9-14)20(2,3)4/h8-11H,5-7,12-13H2,1-4H3,(H,21,26)(H,22,24,25). The van der Waals surface area contributed by atoms with E-state index in [1.54, 1.807) is 0 Å². The molecular formula is C20H28N4O2S. The number of unbranched alkanes of at least 4 members (excludes halogenated alkanes) is 1. The third-order valence-corrected chi connectivity index (χ3v) is 5.01. The van der Waals surface area contributed by atoms with Gasteiger partial charge in [0, 0.05) is 24.9 Å². The first-order valence-corrected chi connectivity index (χ1v) is 10.1. The summed E-state index contributed by atoms with van der Waals surface area (Å²) in [7, 11) is 0. The van der Waals surface area contributed by atoms with Crippen LogP contribution in [0.4, 0.5) is 5.13 Å². The molecule has 0 radical (unpaired) electrons. The summed E-state index contributed by atoms with van der Waals surface area (Å²) in [5.41, 5.74) is 1.82. The van der Waals surface area contributed by atoms with Crippen molar-refractivity contribution in [1.29, 1.82) is 0 Å². The molecule has 0 aliphatic rings. The predicted octanol–water partition coefficient (Wildman–Crippen LogP) is 3.94. The number of hydrogen-bond acceptors (Lipinski definition) is 5. The summed E-state index contributed by atoms with van der Waals surface area (Å²) in [6, 6.07) is 7.56. The zero-order valence-electron chi connectivity index (χ0n) is 16.5. The second-order valence-electron chi connectivity index (χ2n) is 7.49. The van der Waals surface area contributed by atoms with Gasteiger partial charge >= 0.3 is 0 Å². The Morgan fingerprint density at radius 2 is 1.81 bits per heavy atom. The van der Waals surface area contributed by atoms with Crippen molar-refractivity contribution in [2.45, 2.75) is 58.8 Å². The van der Waals surface area contributed by atoms with E-state index in [4.69, 9.17) is 0 Å². The fourth-order valence-electron chi connectivity index (χ4n) is 2.43. The van der Waals surface area contributed by atoms with Crippen LogP contribution in [0.5, 0.6) is 0 Å². The van der Waals surface area contributed by atoms with Crippen LogP contribution in [0.15, 0.2) is 24.3 Å². The molecule has 1 heterocycles. The van der Waals surface area contributed by atoms with E-state index in [2.05, 4.69) is 48.5 Å². The van der Waals surface area contributed by atoms with Gasteiger partial charge in [-0.25, -0.2) is 0 Å². The lowest BCUT2D eigenvalue weighted by Crippen LogP contribution is -2.27. The van der Waals surface area contributed by atoms with Gasteiger partial charge in [-0.1, -0.05) is 57.6 Å². The second-order valence-corrected chi connectivity index (χ2v) is 8.55. The number of hydrogen-bond donors (Lipinski definition) is 2. The number of nitrogens with one attached hydrogen (secondary N) is 2. The molecule has 0 atom stereocenters. The van der Waals surface area contributed by atoms with Gasteiger partial charge in [0.2, 0.25) is 11.0 Å². The monoisotopic (exact) mass is 388 g/mol. The second kappa shape index (κ2) is 9.60. The molecule has 1 aromatic heterocycles. The molecule has 146 valence electrons. The van der Waals surface area contributed by atoms with E-state index in [0.717, 1.165) is 24.3 Å². The maximum absolute atomic E-state index is 12.2. The van der Waals surface area contributed by atoms with Gasteiger partial charge in [0.15, 0.2) is 0 Å². The summed E-state index contributed by atoms with van der Waals surface area (Å²) in [5, 5.41) is 15.0. The highest BCUT2D eigenvalue weighted by molar-refractivity contribution is 7.15. The van der Waals surface area contributed by atoms with Gasteiger partial charge in [-0.05, 0) is 29.5 Å². The number of rotatable bonds is 8. The van der Waals surface area contributed by atoms with E-state index in [-0.39, 0.29) is 30.2 Å². The molecule has 0 aliphatic heterocycles. The van der Waals surface area contributed by atoms with Crippen LogP contribution in [0.25, 0.3) is 0 Å². The van der Waals surface area contributed by atoms with Crippen molar-refractivity contribution in [2.75, 3.05) is 11.9 Å². The van der Waals surface area contributed by atoms with Crippen LogP contribution in [0.2, 0.25) is 0 Å². The van der Waals surface area contributed by atoms with Crippen molar-refractivity contribution in [3.63, 3.8) is 0 Å². The molecule has 0 spiro atoms. The molecule has 0 fully saturated rings. The van der Waals surface area contributed by atoms with E-state index in [9.17, 15) is 9.59 Å². The van der Waals surface area contributed by atoms with Crippen LogP contribution >= 0.6 is 11.3 Å². The summed E-state index contributed by atoms with van der Waals surface area (Å²) >= 11 is 1.40. The van der Waals surface area contributed by atoms with E-state index < -0.39 is 0 Å². The van der Waals surface area contributed by atoms with Crippen molar-refractivity contribution in [3.05, 3.63) is 40.4 Å². The highest BCUT2D eigenvalue weighted by Crippen LogP contribution is 2.22. The summed E-state index contributed by atoms with van der Waals surface area (Å²) in [6.45, 7) is 8.78. The molecule has 1 aromatic carbocycles. The maximum atomic E-state index is 12.2. The third-order valence-electron chi connectivity index (χ3n) is 4.11. The first-order valence-electron chi connectivity index (χ1n) is 9.30. The van der Waals surface area contributed by atoms with Crippen molar-refractivity contribution >= 4 is 28.3 Å². The molecule has 0 saturated carbocycles. The maximum Gasteiger partial charge on any atom is 0.251 e. The number of amides is 2. The van der Waals surface area contributed by atoms with Gasteiger partial charge in [0.1, 0.15) is 5.01 Å². The van der Waals surface area contributed by atoms with Crippen LogP contribution in [-0.4, -0.2) is 28.6 Å². The molecule has 0 saturated heterocycles. The Kier molecular flexibility index (Phi) is 7.47. The van der Waals surface area contributed by atoms with Gasteiger partial charge in [0.25, 0.3) is 5.91 Å². The summed E-state index contributed by atoms with van der Waals surface area (Å²) in [4.78, 5) is 24.2. The number of carbonyl (C=O) groups is 2. The summed E-state index contributed by atoms with van der Waals surface area (Å²) in [6.07, 6.45) is 3.23. The Morgan fingerprint density at radius 3 is 2.44 bits per heavy atom. The Hall–Kier alpha value is -2.28. The SMILES string of the molecule is CCCCc1nnc(NC(=O)CCNC(=O)c2ccc(C(C)(C)C)cc2)s1. The molecule has 7 heteroatoms. The largest absolute Gasteiger partial charge is 0.352 e. The van der Waals surface area contributed by atoms with Gasteiger partial charge < -0.3 is 10.6 Å². The first kappa shape index (κ1) is 21.0. The van der Waals surface area contributed by atoms with Crippen molar-refractivity contribution in [2.24, 2.45) is 0 Å². The third kappa shape index (κ3) is 6.75. The molecule has 0 bridgehead atoms. The van der Waals surface area contributed by atoms with Gasteiger partial charge in [0.05, 0.1) is 0 Å². The van der Waals surface area contributed by atoms with E-state index in [1.165, 1.54) is 16.9 Å². The molecule has 2 rings (SSSR count). The lowest BCUT2D eigenvalue weighted by Gasteiger charge is -2.19. The fraction of sp³-hybridized carbons (Fsp3) is 0.500. The molecule has 0 unspecified atom stereocenters. The number of carbonyl (C=O) groups excluding carboxylic acids is 2. The predicted molar refractivity (Wildman–Crippen MR) is 109 cm³/mol. The average Bonchev–Trinajstić information content (AvgIpc) is 3.06. The first-order chi connectivity index (χ1) is 12.8. The van der Waals surface area contributed by atoms with Crippen LogP contribution in [-0.2, 0) is 16.6 Å². The Morgan fingerprint density at radius 1 is 1.11 bits per heavy atom. The Bertz CT molecular complexity index is 763. The smallest absolute Gasteiger partial charge is 0.251 e. The molecule has 27 heavy (non-hydrogen) atoms. The number of anilines is 1. The van der Waals surface area contributed by atoms with Gasteiger partial charge in [-0.3, -0.25) is 9.59 Å². The van der Waals surface area contributed by atoms with Gasteiger partial charge in [-0.15, -0.1) is 10.2 Å². The number of aryl methyl sites for hydroxylation is 1. The van der Waals surface area contributed by atoms with Crippen LogP contribution in [0.1, 0.15) is 67.9 Å². The highest BCUT2D eigenvalue weighted by atomic mass is 32.1. The fourth-order valence-corrected chi connectivity index (χ4v) is 3.23. The molecule has 2 N–H and O–H groups in total. The Balaban J connectivity index is 1.75. The Labute approximate surface area is 164 Å². The minimum Gasteiger partial charge on any atom is -0.352 e. The van der Waals surface area contributed by atoms with Gasteiger partial charge in [-0.2, -0.15) is 0 Å². The molecule has 2 amide bonds. The molecule has 6 nitrogen and oxygen atoms in total.